The predicted molar refractivity (Wildman–Crippen MR) is 126 cm³/mol. The van der Waals surface area contributed by atoms with Gasteiger partial charge in [0.25, 0.3) is 5.91 Å². The van der Waals surface area contributed by atoms with Crippen LogP contribution in [0.5, 0.6) is 0 Å². The van der Waals surface area contributed by atoms with Crippen LogP contribution in [0.1, 0.15) is 49.5 Å². The molecule has 0 radical (unpaired) electrons. The summed E-state index contributed by atoms with van der Waals surface area (Å²) in [5, 5.41) is 2.79. The minimum atomic E-state index is -3.67. The number of hydrogen-bond acceptors (Lipinski definition) is 5. The number of anilines is 1. The first-order valence-corrected chi connectivity index (χ1v) is 12.4. The van der Waals surface area contributed by atoms with E-state index in [0.29, 0.717) is 24.7 Å². The highest BCUT2D eigenvalue weighted by molar-refractivity contribution is 7.89. The zero-order chi connectivity index (χ0) is 24.2. The summed E-state index contributed by atoms with van der Waals surface area (Å²) in [6, 6.07) is 13.1. The molecule has 0 heterocycles. The molecule has 178 valence electrons. The summed E-state index contributed by atoms with van der Waals surface area (Å²) in [5.74, 6) is -0.0141. The van der Waals surface area contributed by atoms with Crippen LogP contribution in [0.3, 0.4) is 0 Å². The third kappa shape index (κ3) is 7.57. The van der Waals surface area contributed by atoms with E-state index in [4.69, 9.17) is 4.74 Å². The molecule has 1 saturated carbocycles. The van der Waals surface area contributed by atoms with E-state index in [9.17, 15) is 18.0 Å². The zero-order valence-corrected chi connectivity index (χ0v) is 20.2. The number of carbonyl (C=O) groups is 2. The molecule has 33 heavy (non-hydrogen) atoms. The standard InChI is InChI=1S/C24H31N3O5S/c1-24(2,3)32-23(29)27(4)16-18-7-5-9-20(13-18)26-22(28)19-8-6-10-21(14-19)33(30,31)25-15-17-11-12-17/h5-10,13-14,17,25H,11-12,15-16H2,1-4H3,(H,26,28). The van der Waals surface area contributed by atoms with Crippen molar-refractivity contribution >= 4 is 27.7 Å². The molecule has 2 aromatic carbocycles. The second kappa shape index (κ2) is 9.93. The first kappa shape index (κ1) is 24.7. The fourth-order valence-electron chi connectivity index (χ4n) is 3.07. The number of sulfonamides is 1. The zero-order valence-electron chi connectivity index (χ0n) is 19.4. The van der Waals surface area contributed by atoms with Gasteiger partial charge >= 0.3 is 6.09 Å². The maximum absolute atomic E-state index is 12.8. The summed E-state index contributed by atoms with van der Waals surface area (Å²) in [7, 11) is -2.02. The van der Waals surface area contributed by atoms with Crippen molar-refractivity contribution in [3.63, 3.8) is 0 Å². The summed E-state index contributed by atoms with van der Waals surface area (Å²) in [6.07, 6.45) is 1.64. The van der Waals surface area contributed by atoms with Crippen LogP contribution in [0.4, 0.5) is 10.5 Å². The Morgan fingerprint density at radius 3 is 2.45 bits per heavy atom. The van der Waals surface area contributed by atoms with E-state index in [2.05, 4.69) is 10.0 Å². The summed E-state index contributed by atoms with van der Waals surface area (Å²) in [5.41, 5.74) is 0.994. The molecule has 0 spiro atoms. The lowest BCUT2D eigenvalue weighted by Gasteiger charge is -2.24. The Balaban J connectivity index is 1.65. The number of carbonyl (C=O) groups excluding carboxylic acids is 2. The van der Waals surface area contributed by atoms with Crippen LogP contribution in [-0.2, 0) is 21.3 Å². The molecule has 9 heteroatoms. The number of nitrogens with zero attached hydrogens (tertiary/aromatic N) is 1. The third-order valence-electron chi connectivity index (χ3n) is 4.98. The van der Waals surface area contributed by atoms with Gasteiger partial charge in [-0.05, 0) is 75.4 Å². The van der Waals surface area contributed by atoms with Crippen molar-refractivity contribution in [2.24, 2.45) is 5.92 Å². The molecule has 0 bridgehead atoms. The van der Waals surface area contributed by atoms with Gasteiger partial charge in [-0.25, -0.2) is 17.9 Å². The quantitative estimate of drug-likeness (QED) is 0.603. The molecule has 1 aliphatic carbocycles. The van der Waals surface area contributed by atoms with Crippen LogP contribution in [0.2, 0.25) is 0 Å². The largest absolute Gasteiger partial charge is 0.444 e. The van der Waals surface area contributed by atoms with Crippen LogP contribution >= 0.6 is 0 Å². The van der Waals surface area contributed by atoms with Crippen molar-refractivity contribution in [1.29, 1.82) is 0 Å². The molecular weight excluding hydrogens is 442 g/mol. The molecule has 2 amide bonds. The second-order valence-corrected chi connectivity index (χ2v) is 11.1. The maximum Gasteiger partial charge on any atom is 0.410 e. The molecule has 8 nitrogen and oxygen atoms in total. The Morgan fingerprint density at radius 1 is 1.09 bits per heavy atom. The van der Waals surface area contributed by atoms with Crippen LogP contribution < -0.4 is 10.0 Å². The van der Waals surface area contributed by atoms with Gasteiger partial charge in [0.05, 0.1) is 4.90 Å². The minimum absolute atomic E-state index is 0.0588. The Morgan fingerprint density at radius 2 is 1.79 bits per heavy atom. The molecule has 3 rings (SSSR count). The van der Waals surface area contributed by atoms with E-state index in [1.807, 2.05) is 6.07 Å². The van der Waals surface area contributed by atoms with Gasteiger partial charge in [0.2, 0.25) is 10.0 Å². The van der Waals surface area contributed by atoms with Crippen LogP contribution in [-0.4, -0.2) is 44.5 Å². The predicted octanol–water partition coefficient (Wildman–Crippen LogP) is 3.99. The van der Waals surface area contributed by atoms with Crippen molar-refractivity contribution in [3.8, 4) is 0 Å². The van der Waals surface area contributed by atoms with Gasteiger partial charge in [0.15, 0.2) is 0 Å². The van der Waals surface area contributed by atoms with E-state index in [-0.39, 0.29) is 10.5 Å². The number of ether oxygens (including phenoxy) is 1. The fraction of sp³-hybridized carbons (Fsp3) is 0.417. The molecule has 0 unspecified atom stereocenters. The van der Waals surface area contributed by atoms with E-state index < -0.39 is 27.6 Å². The minimum Gasteiger partial charge on any atom is -0.444 e. The molecule has 1 fully saturated rings. The van der Waals surface area contributed by atoms with Gasteiger partial charge in [-0.3, -0.25) is 4.79 Å². The van der Waals surface area contributed by atoms with E-state index >= 15 is 0 Å². The lowest BCUT2D eigenvalue weighted by molar-refractivity contribution is 0.0285. The van der Waals surface area contributed by atoms with Crippen molar-refractivity contribution in [2.75, 3.05) is 18.9 Å². The number of rotatable bonds is 8. The van der Waals surface area contributed by atoms with E-state index in [1.54, 1.807) is 58.2 Å². The fourth-order valence-corrected chi connectivity index (χ4v) is 4.23. The molecule has 2 aromatic rings. The van der Waals surface area contributed by atoms with Gasteiger partial charge in [-0.2, -0.15) is 0 Å². The molecule has 1 aliphatic rings. The Bertz CT molecular complexity index is 1120. The first-order valence-electron chi connectivity index (χ1n) is 10.9. The van der Waals surface area contributed by atoms with Crippen molar-refractivity contribution in [1.82, 2.24) is 9.62 Å². The van der Waals surface area contributed by atoms with E-state index in [0.717, 1.165) is 18.4 Å². The highest BCUT2D eigenvalue weighted by atomic mass is 32.2. The summed E-state index contributed by atoms with van der Waals surface area (Å²) >= 11 is 0. The van der Waals surface area contributed by atoms with Gasteiger partial charge in [0.1, 0.15) is 5.60 Å². The topological polar surface area (TPSA) is 105 Å². The SMILES string of the molecule is CN(Cc1cccc(NC(=O)c2cccc(S(=O)(=O)NCC3CC3)c2)c1)C(=O)OC(C)(C)C. The number of amides is 2. The van der Waals surface area contributed by atoms with Crippen LogP contribution in [0, 0.1) is 5.92 Å². The molecular formula is C24H31N3O5S. The van der Waals surface area contributed by atoms with Gasteiger partial charge in [-0.15, -0.1) is 0 Å². The first-order chi connectivity index (χ1) is 15.4. The highest BCUT2D eigenvalue weighted by Gasteiger charge is 2.25. The monoisotopic (exact) mass is 473 g/mol. The average molecular weight is 474 g/mol. The van der Waals surface area contributed by atoms with Gasteiger partial charge < -0.3 is 15.0 Å². The van der Waals surface area contributed by atoms with Crippen molar-refractivity contribution in [3.05, 3.63) is 59.7 Å². The third-order valence-corrected chi connectivity index (χ3v) is 6.40. The lowest BCUT2D eigenvalue weighted by atomic mass is 10.1. The van der Waals surface area contributed by atoms with Gasteiger partial charge in [-0.1, -0.05) is 18.2 Å². The maximum atomic E-state index is 12.8. The Hall–Kier alpha value is -2.91. The van der Waals surface area contributed by atoms with Gasteiger partial charge in [0, 0.05) is 31.4 Å². The molecule has 0 atom stereocenters. The molecule has 0 saturated heterocycles. The summed E-state index contributed by atoms with van der Waals surface area (Å²) in [6.45, 7) is 6.14. The van der Waals surface area contributed by atoms with Crippen molar-refractivity contribution < 1.29 is 22.7 Å². The van der Waals surface area contributed by atoms with Crippen molar-refractivity contribution in [2.45, 2.75) is 50.7 Å². The number of nitrogens with one attached hydrogen (secondary N) is 2. The van der Waals surface area contributed by atoms with E-state index in [1.165, 1.54) is 17.0 Å². The highest BCUT2D eigenvalue weighted by Crippen LogP contribution is 2.28. The Labute approximate surface area is 195 Å². The smallest absolute Gasteiger partial charge is 0.410 e. The molecule has 2 N–H and O–H groups in total. The van der Waals surface area contributed by atoms with Crippen LogP contribution in [0.15, 0.2) is 53.4 Å². The number of benzene rings is 2. The molecule has 0 aromatic heterocycles. The second-order valence-electron chi connectivity index (χ2n) is 9.31. The average Bonchev–Trinajstić information content (AvgIpc) is 3.56. The lowest BCUT2D eigenvalue weighted by Crippen LogP contribution is -2.33. The Kier molecular flexibility index (Phi) is 7.44. The van der Waals surface area contributed by atoms with Crippen LogP contribution in [0.25, 0.3) is 0 Å². The summed E-state index contributed by atoms with van der Waals surface area (Å²) in [4.78, 5) is 26.5. The molecule has 0 aliphatic heterocycles. The normalized spacial score (nSPS) is 13.9. The summed E-state index contributed by atoms with van der Waals surface area (Å²) < 4.78 is 33.0. The number of hydrogen-bond donors (Lipinski definition) is 2.